The molecule has 0 bridgehead atoms. The smallest absolute Gasteiger partial charge is 0.130 e. The Morgan fingerprint density at radius 2 is 1.83 bits per heavy atom. The quantitative estimate of drug-likeness (QED) is 0.833. The van der Waals surface area contributed by atoms with Crippen LogP contribution in [0.4, 0.5) is 0 Å². The van der Waals surface area contributed by atoms with Crippen molar-refractivity contribution in [1.29, 1.82) is 0 Å². The summed E-state index contributed by atoms with van der Waals surface area (Å²) in [5.41, 5.74) is 3.90. The lowest BCUT2D eigenvalue weighted by Crippen LogP contribution is -2.28. The Kier molecular flexibility index (Phi) is 4.99. The molecule has 0 spiro atoms. The molecule has 0 atom stereocenters. The zero-order valence-electron chi connectivity index (χ0n) is 13.8. The standard InChI is InChI=1S/C20H23NO2/c1-22-18-8-9-19(20(14-18)23-2)17-10-12-21(13-11-17)15-16-6-4-3-5-7-16/h3-10,14H,11-13,15H2,1-2H3. The second-order valence-corrected chi connectivity index (χ2v) is 5.77. The molecule has 120 valence electrons. The van der Waals surface area contributed by atoms with E-state index in [4.69, 9.17) is 9.47 Å². The van der Waals surface area contributed by atoms with Gasteiger partial charge in [0.15, 0.2) is 0 Å². The lowest BCUT2D eigenvalue weighted by Gasteiger charge is -2.27. The van der Waals surface area contributed by atoms with Crippen molar-refractivity contribution in [2.75, 3.05) is 27.3 Å². The molecular formula is C20H23NO2. The van der Waals surface area contributed by atoms with Gasteiger partial charge < -0.3 is 9.47 Å². The summed E-state index contributed by atoms with van der Waals surface area (Å²) in [6.45, 7) is 3.04. The molecular weight excluding hydrogens is 286 g/mol. The molecule has 1 aliphatic heterocycles. The normalized spacial score (nSPS) is 15.1. The average Bonchev–Trinajstić information content (AvgIpc) is 2.63. The Bertz CT molecular complexity index is 679. The summed E-state index contributed by atoms with van der Waals surface area (Å²) < 4.78 is 10.8. The van der Waals surface area contributed by atoms with Crippen LogP contribution in [0.3, 0.4) is 0 Å². The van der Waals surface area contributed by atoms with Crippen LogP contribution in [0.5, 0.6) is 11.5 Å². The van der Waals surface area contributed by atoms with Gasteiger partial charge in [-0.05, 0) is 29.7 Å². The van der Waals surface area contributed by atoms with Gasteiger partial charge in [-0.2, -0.15) is 0 Å². The fourth-order valence-electron chi connectivity index (χ4n) is 3.00. The molecule has 0 unspecified atom stereocenters. The summed E-state index contributed by atoms with van der Waals surface area (Å²) in [5.74, 6) is 1.71. The van der Waals surface area contributed by atoms with E-state index in [0.29, 0.717) is 0 Å². The van der Waals surface area contributed by atoms with Crippen molar-refractivity contribution in [3.05, 3.63) is 65.7 Å². The van der Waals surface area contributed by atoms with Crippen molar-refractivity contribution < 1.29 is 9.47 Å². The van der Waals surface area contributed by atoms with Crippen LogP contribution in [-0.4, -0.2) is 32.2 Å². The average molecular weight is 309 g/mol. The summed E-state index contributed by atoms with van der Waals surface area (Å²) in [7, 11) is 3.39. The van der Waals surface area contributed by atoms with E-state index in [1.165, 1.54) is 16.7 Å². The minimum atomic E-state index is 0.827. The molecule has 0 aliphatic carbocycles. The first-order chi connectivity index (χ1) is 11.3. The van der Waals surface area contributed by atoms with E-state index in [1.54, 1.807) is 14.2 Å². The molecule has 23 heavy (non-hydrogen) atoms. The molecule has 1 heterocycles. The third kappa shape index (κ3) is 3.74. The lowest BCUT2D eigenvalue weighted by atomic mass is 9.98. The molecule has 3 rings (SSSR count). The van der Waals surface area contributed by atoms with Crippen molar-refractivity contribution in [2.45, 2.75) is 13.0 Å². The Morgan fingerprint density at radius 1 is 1.00 bits per heavy atom. The predicted molar refractivity (Wildman–Crippen MR) is 93.9 cm³/mol. The second-order valence-electron chi connectivity index (χ2n) is 5.77. The van der Waals surface area contributed by atoms with E-state index in [0.717, 1.165) is 37.6 Å². The summed E-state index contributed by atoms with van der Waals surface area (Å²) >= 11 is 0. The Balaban J connectivity index is 1.71. The maximum absolute atomic E-state index is 5.53. The molecule has 3 nitrogen and oxygen atoms in total. The zero-order chi connectivity index (χ0) is 16.1. The fourth-order valence-corrected chi connectivity index (χ4v) is 3.00. The van der Waals surface area contributed by atoms with Gasteiger partial charge in [0.1, 0.15) is 11.5 Å². The number of benzene rings is 2. The SMILES string of the molecule is COc1ccc(C2=CCN(Cc3ccccc3)CC2)c(OC)c1. The number of nitrogens with zero attached hydrogens (tertiary/aromatic N) is 1. The maximum atomic E-state index is 5.53. The third-order valence-electron chi connectivity index (χ3n) is 4.30. The molecule has 0 fully saturated rings. The lowest BCUT2D eigenvalue weighted by molar-refractivity contribution is 0.293. The van der Waals surface area contributed by atoms with Gasteiger partial charge in [-0.3, -0.25) is 4.90 Å². The van der Waals surface area contributed by atoms with Crippen molar-refractivity contribution in [3.8, 4) is 11.5 Å². The van der Waals surface area contributed by atoms with Crippen LogP contribution in [0, 0.1) is 0 Å². The minimum Gasteiger partial charge on any atom is -0.497 e. The van der Waals surface area contributed by atoms with Crippen LogP contribution < -0.4 is 9.47 Å². The topological polar surface area (TPSA) is 21.7 Å². The second kappa shape index (κ2) is 7.34. The number of rotatable bonds is 5. The van der Waals surface area contributed by atoms with E-state index in [-0.39, 0.29) is 0 Å². The van der Waals surface area contributed by atoms with E-state index in [2.05, 4.69) is 47.4 Å². The van der Waals surface area contributed by atoms with Gasteiger partial charge in [0.25, 0.3) is 0 Å². The van der Waals surface area contributed by atoms with Gasteiger partial charge in [-0.25, -0.2) is 0 Å². The fraction of sp³-hybridized carbons (Fsp3) is 0.300. The van der Waals surface area contributed by atoms with Crippen LogP contribution in [0.1, 0.15) is 17.5 Å². The molecule has 2 aromatic carbocycles. The van der Waals surface area contributed by atoms with Crippen molar-refractivity contribution in [2.24, 2.45) is 0 Å². The van der Waals surface area contributed by atoms with Gasteiger partial charge in [-0.1, -0.05) is 36.4 Å². The van der Waals surface area contributed by atoms with Crippen molar-refractivity contribution >= 4 is 5.57 Å². The Hall–Kier alpha value is -2.26. The van der Waals surface area contributed by atoms with Crippen molar-refractivity contribution in [3.63, 3.8) is 0 Å². The summed E-state index contributed by atoms with van der Waals surface area (Å²) in [6.07, 6.45) is 3.35. The first kappa shape index (κ1) is 15.6. The monoisotopic (exact) mass is 309 g/mol. The molecule has 0 aromatic heterocycles. The predicted octanol–water partition coefficient (Wildman–Crippen LogP) is 3.99. The van der Waals surface area contributed by atoms with E-state index in [1.807, 2.05) is 12.1 Å². The van der Waals surface area contributed by atoms with Crippen LogP contribution in [0.15, 0.2) is 54.6 Å². The van der Waals surface area contributed by atoms with Crippen LogP contribution >= 0.6 is 0 Å². The van der Waals surface area contributed by atoms with Gasteiger partial charge in [0.2, 0.25) is 0 Å². The highest BCUT2D eigenvalue weighted by Crippen LogP contribution is 2.33. The third-order valence-corrected chi connectivity index (χ3v) is 4.30. The molecule has 2 aromatic rings. The van der Waals surface area contributed by atoms with Crippen LogP contribution in [-0.2, 0) is 6.54 Å². The number of hydrogen-bond acceptors (Lipinski definition) is 3. The molecule has 0 saturated heterocycles. The molecule has 0 radical (unpaired) electrons. The zero-order valence-corrected chi connectivity index (χ0v) is 13.8. The molecule has 0 saturated carbocycles. The summed E-state index contributed by atoms with van der Waals surface area (Å²) in [5, 5.41) is 0. The minimum absolute atomic E-state index is 0.827. The van der Waals surface area contributed by atoms with Gasteiger partial charge >= 0.3 is 0 Å². The highest BCUT2D eigenvalue weighted by atomic mass is 16.5. The number of methoxy groups -OCH3 is 2. The van der Waals surface area contributed by atoms with Gasteiger partial charge in [0, 0.05) is 31.3 Å². The number of ether oxygens (including phenoxy) is 2. The number of hydrogen-bond donors (Lipinski definition) is 0. The van der Waals surface area contributed by atoms with Gasteiger partial charge in [0.05, 0.1) is 14.2 Å². The largest absolute Gasteiger partial charge is 0.497 e. The highest BCUT2D eigenvalue weighted by molar-refractivity contribution is 5.72. The van der Waals surface area contributed by atoms with E-state index < -0.39 is 0 Å². The first-order valence-electron chi connectivity index (χ1n) is 7.98. The van der Waals surface area contributed by atoms with Crippen molar-refractivity contribution in [1.82, 2.24) is 4.90 Å². The summed E-state index contributed by atoms with van der Waals surface area (Å²) in [4.78, 5) is 2.47. The van der Waals surface area contributed by atoms with E-state index in [9.17, 15) is 0 Å². The summed E-state index contributed by atoms with van der Waals surface area (Å²) in [6, 6.07) is 16.7. The molecule has 1 aliphatic rings. The Morgan fingerprint density at radius 3 is 2.48 bits per heavy atom. The van der Waals surface area contributed by atoms with E-state index >= 15 is 0 Å². The maximum Gasteiger partial charge on any atom is 0.130 e. The molecule has 3 heteroatoms. The van der Waals surface area contributed by atoms with Crippen LogP contribution in [0.2, 0.25) is 0 Å². The first-order valence-corrected chi connectivity index (χ1v) is 7.98. The highest BCUT2D eigenvalue weighted by Gasteiger charge is 2.16. The molecule has 0 N–H and O–H groups in total. The van der Waals surface area contributed by atoms with Crippen LogP contribution in [0.25, 0.3) is 5.57 Å². The Labute approximate surface area is 138 Å². The van der Waals surface area contributed by atoms with Gasteiger partial charge in [-0.15, -0.1) is 0 Å². The molecule has 0 amide bonds.